The minimum absolute atomic E-state index is 0.122. The first-order chi connectivity index (χ1) is 15.2. The second kappa shape index (κ2) is 11.7. The number of rotatable bonds is 7. The number of hydrogen-bond acceptors (Lipinski definition) is 0. The SMILES string of the molecule is CCC1CCC(C2CCC(/C=C/C3CCC(CCc4ccc(F)cc4)CC3)CC2)CC1. The van der Waals surface area contributed by atoms with Gasteiger partial charge in [0.1, 0.15) is 5.82 Å². The molecule has 0 atom stereocenters. The van der Waals surface area contributed by atoms with E-state index in [0.29, 0.717) is 0 Å². The maximum absolute atomic E-state index is 13.1. The van der Waals surface area contributed by atoms with Crippen LogP contribution < -0.4 is 0 Å². The topological polar surface area (TPSA) is 0 Å². The van der Waals surface area contributed by atoms with E-state index in [-0.39, 0.29) is 5.82 Å². The van der Waals surface area contributed by atoms with Crippen LogP contribution in [0.2, 0.25) is 0 Å². The van der Waals surface area contributed by atoms with Gasteiger partial charge in [0.05, 0.1) is 0 Å². The van der Waals surface area contributed by atoms with E-state index in [2.05, 4.69) is 19.1 Å². The van der Waals surface area contributed by atoms with Gasteiger partial charge in [-0.25, -0.2) is 4.39 Å². The van der Waals surface area contributed by atoms with Gasteiger partial charge < -0.3 is 0 Å². The first kappa shape index (κ1) is 23.1. The van der Waals surface area contributed by atoms with Crippen molar-refractivity contribution in [3.8, 4) is 0 Å². The Morgan fingerprint density at radius 3 is 1.71 bits per heavy atom. The van der Waals surface area contributed by atoms with E-state index in [1.54, 1.807) is 12.1 Å². The Hall–Kier alpha value is -1.11. The third kappa shape index (κ3) is 6.93. The third-order valence-electron chi connectivity index (χ3n) is 9.25. The molecular weight excluding hydrogens is 379 g/mol. The van der Waals surface area contributed by atoms with E-state index in [4.69, 9.17) is 0 Å². The van der Waals surface area contributed by atoms with Crippen LogP contribution >= 0.6 is 0 Å². The standard InChI is InChI=1S/C30H45F/c1-2-23-11-17-28(18-12-23)29-19-13-26(14-20-29)9-7-24-3-5-25(6-4-24)8-10-27-15-21-30(31)22-16-27/h7,9,15-16,21-26,28-29H,2-6,8,10-14,17-20H2,1H3/b9-7+. The van der Waals surface area contributed by atoms with Crippen molar-refractivity contribution in [2.75, 3.05) is 0 Å². The first-order valence-electron chi connectivity index (χ1n) is 13.6. The Labute approximate surface area is 191 Å². The molecule has 31 heavy (non-hydrogen) atoms. The molecular formula is C30H45F. The molecule has 0 radical (unpaired) electrons. The normalized spacial score (nSPS) is 34.8. The van der Waals surface area contributed by atoms with Gasteiger partial charge in [0.15, 0.2) is 0 Å². The van der Waals surface area contributed by atoms with E-state index in [1.165, 1.54) is 95.5 Å². The zero-order valence-corrected chi connectivity index (χ0v) is 19.9. The maximum Gasteiger partial charge on any atom is 0.123 e. The van der Waals surface area contributed by atoms with Crippen molar-refractivity contribution in [3.63, 3.8) is 0 Å². The summed E-state index contributed by atoms with van der Waals surface area (Å²) in [5.41, 5.74) is 1.29. The molecule has 0 N–H and O–H groups in total. The molecule has 0 unspecified atom stereocenters. The zero-order chi connectivity index (χ0) is 21.5. The lowest BCUT2D eigenvalue weighted by molar-refractivity contribution is 0.154. The predicted octanol–water partition coefficient (Wildman–Crippen LogP) is 9.14. The number of benzene rings is 1. The Balaban J connectivity index is 1.11. The maximum atomic E-state index is 13.1. The van der Waals surface area contributed by atoms with Crippen molar-refractivity contribution in [2.24, 2.45) is 35.5 Å². The van der Waals surface area contributed by atoms with Gasteiger partial charge in [-0.3, -0.25) is 0 Å². The number of hydrogen-bond donors (Lipinski definition) is 0. The molecule has 0 heterocycles. The zero-order valence-electron chi connectivity index (χ0n) is 19.9. The quantitative estimate of drug-likeness (QED) is 0.383. The number of aryl methyl sites for hydroxylation is 1. The Morgan fingerprint density at radius 1 is 0.677 bits per heavy atom. The average Bonchev–Trinajstić information content (AvgIpc) is 2.83. The van der Waals surface area contributed by atoms with Crippen LogP contribution in [0, 0.1) is 41.3 Å². The van der Waals surface area contributed by atoms with Crippen LogP contribution in [-0.2, 0) is 6.42 Å². The summed E-state index contributed by atoms with van der Waals surface area (Å²) in [6.07, 6.45) is 26.4. The van der Waals surface area contributed by atoms with Gasteiger partial charge in [0.2, 0.25) is 0 Å². The molecule has 0 nitrogen and oxygen atoms in total. The molecule has 0 bridgehead atoms. The summed E-state index contributed by atoms with van der Waals surface area (Å²) >= 11 is 0. The minimum atomic E-state index is -0.122. The van der Waals surface area contributed by atoms with Gasteiger partial charge in [0, 0.05) is 0 Å². The van der Waals surface area contributed by atoms with Crippen molar-refractivity contribution in [1.29, 1.82) is 0 Å². The Bertz CT molecular complexity index is 650. The molecule has 4 rings (SSSR count). The summed E-state index contributed by atoms with van der Waals surface area (Å²) < 4.78 is 13.1. The largest absolute Gasteiger partial charge is 0.207 e. The van der Waals surface area contributed by atoms with Gasteiger partial charge in [-0.1, -0.05) is 50.5 Å². The van der Waals surface area contributed by atoms with Crippen LogP contribution in [0.25, 0.3) is 0 Å². The van der Waals surface area contributed by atoms with Crippen molar-refractivity contribution in [1.82, 2.24) is 0 Å². The summed E-state index contributed by atoms with van der Waals surface area (Å²) in [5.74, 6) is 5.56. The van der Waals surface area contributed by atoms with Crippen LogP contribution in [0.4, 0.5) is 4.39 Å². The van der Waals surface area contributed by atoms with Crippen LogP contribution in [0.1, 0.15) is 102 Å². The summed E-state index contributed by atoms with van der Waals surface area (Å²) in [5, 5.41) is 0. The number of halogens is 1. The van der Waals surface area contributed by atoms with Gasteiger partial charge >= 0.3 is 0 Å². The molecule has 1 aromatic rings. The van der Waals surface area contributed by atoms with Crippen molar-refractivity contribution < 1.29 is 4.39 Å². The summed E-state index contributed by atoms with van der Waals surface area (Å²) in [7, 11) is 0. The highest BCUT2D eigenvalue weighted by Crippen LogP contribution is 2.42. The average molecular weight is 425 g/mol. The molecule has 3 saturated carbocycles. The van der Waals surface area contributed by atoms with Crippen LogP contribution in [0.15, 0.2) is 36.4 Å². The van der Waals surface area contributed by atoms with Gasteiger partial charge in [-0.2, -0.15) is 0 Å². The van der Waals surface area contributed by atoms with Gasteiger partial charge in [-0.05, 0) is 130 Å². The smallest absolute Gasteiger partial charge is 0.123 e. The van der Waals surface area contributed by atoms with E-state index in [1.807, 2.05) is 12.1 Å². The second-order valence-corrected chi connectivity index (χ2v) is 11.2. The lowest BCUT2D eigenvalue weighted by atomic mass is 9.69. The molecule has 0 spiro atoms. The highest BCUT2D eigenvalue weighted by Gasteiger charge is 2.30. The van der Waals surface area contributed by atoms with E-state index in [0.717, 1.165) is 41.9 Å². The molecule has 0 aliphatic heterocycles. The molecule has 0 amide bonds. The molecule has 0 saturated heterocycles. The highest BCUT2D eigenvalue weighted by molar-refractivity contribution is 5.16. The lowest BCUT2D eigenvalue weighted by Crippen LogP contribution is -2.25. The molecule has 3 aliphatic rings. The van der Waals surface area contributed by atoms with Crippen LogP contribution in [0.3, 0.4) is 0 Å². The number of allylic oxidation sites excluding steroid dienone is 2. The molecule has 1 heteroatoms. The predicted molar refractivity (Wildman–Crippen MR) is 130 cm³/mol. The fraction of sp³-hybridized carbons (Fsp3) is 0.733. The van der Waals surface area contributed by atoms with Gasteiger partial charge in [0.25, 0.3) is 0 Å². The van der Waals surface area contributed by atoms with E-state index < -0.39 is 0 Å². The molecule has 3 aliphatic carbocycles. The molecule has 0 aromatic heterocycles. The molecule has 3 fully saturated rings. The minimum Gasteiger partial charge on any atom is -0.207 e. The highest BCUT2D eigenvalue weighted by atomic mass is 19.1. The molecule has 1 aromatic carbocycles. The Morgan fingerprint density at radius 2 is 1.16 bits per heavy atom. The Kier molecular flexibility index (Phi) is 8.68. The van der Waals surface area contributed by atoms with Crippen LogP contribution in [-0.4, -0.2) is 0 Å². The first-order valence-corrected chi connectivity index (χ1v) is 13.6. The monoisotopic (exact) mass is 424 g/mol. The van der Waals surface area contributed by atoms with Crippen molar-refractivity contribution >= 4 is 0 Å². The van der Waals surface area contributed by atoms with Gasteiger partial charge in [-0.15, -0.1) is 0 Å². The second-order valence-electron chi connectivity index (χ2n) is 11.2. The van der Waals surface area contributed by atoms with Crippen LogP contribution in [0.5, 0.6) is 0 Å². The van der Waals surface area contributed by atoms with E-state index in [9.17, 15) is 4.39 Å². The fourth-order valence-corrected chi connectivity index (χ4v) is 6.88. The summed E-state index contributed by atoms with van der Waals surface area (Å²) in [6.45, 7) is 2.38. The van der Waals surface area contributed by atoms with E-state index >= 15 is 0 Å². The fourth-order valence-electron chi connectivity index (χ4n) is 6.88. The molecule has 172 valence electrons. The van der Waals surface area contributed by atoms with Crippen molar-refractivity contribution in [3.05, 3.63) is 47.8 Å². The van der Waals surface area contributed by atoms with Crippen molar-refractivity contribution in [2.45, 2.75) is 103 Å². The summed E-state index contributed by atoms with van der Waals surface area (Å²) in [6, 6.07) is 7.10. The lowest BCUT2D eigenvalue weighted by Gasteiger charge is -2.37. The summed E-state index contributed by atoms with van der Waals surface area (Å²) in [4.78, 5) is 0. The third-order valence-corrected chi connectivity index (χ3v) is 9.25.